The molecule has 8 heteroatoms. The van der Waals surface area contributed by atoms with E-state index in [0.29, 0.717) is 23.9 Å². The summed E-state index contributed by atoms with van der Waals surface area (Å²) in [6.45, 7) is 4.43. The lowest BCUT2D eigenvalue weighted by atomic mass is 9.83. The lowest BCUT2D eigenvalue weighted by Gasteiger charge is -2.27. The number of esters is 1. The van der Waals surface area contributed by atoms with E-state index in [1.54, 1.807) is 25.6 Å². The third-order valence-electron chi connectivity index (χ3n) is 7.10. The molecule has 0 spiro atoms. The maximum Gasteiger partial charge on any atom is 0.340 e. The van der Waals surface area contributed by atoms with Gasteiger partial charge in [-0.3, -0.25) is 0 Å². The Hall–Kier alpha value is -2.84. The van der Waals surface area contributed by atoms with Gasteiger partial charge in [-0.05, 0) is 62.3 Å². The standard InChI is InChI=1S/C29H38N2O5S/c1-5-6-13-36-18-19-7-9-20(10-8-19)28-31-25-15-23(29(32)35-4)24(16-27(25)37-28)30-17-21-11-12-22(33-2)14-26(21)34-3/h11-12,14-16,19-20,30H,5-10,13,17-18H2,1-4H3. The molecule has 0 amide bonds. The van der Waals surface area contributed by atoms with Gasteiger partial charge in [-0.2, -0.15) is 0 Å². The second-order valence-electron chi connectivity index (χ2n) is 9.59. The first-order chi connectivity index (χ1) is 18.1. The van der Waals surface area contributed by atoms with E-state index in [9.17, 15) is 4.79 Å². The molecule has 7 nitrogen and oxygen atoms in total. The Morgan fingerprint density at radius 1 is 1.08 bits per heavy atom. The summed E-state index contributed by atoms with van der Waals surface area (Å²) in [7, 11) is 4.66. The molecule has 3 aromatic rings. The van der Waals surface area contributed by atoms with Gasteiger partial charge in [0, 0.05) is 37.3 Å². The van der Waals surface area contributed by atoms with Crippen LogP contribution in [0.2, 0.25) is 0 Å². The molecular formula is C29H38N2O5S. The molecule has 0 aliphatic heterocycles. The van der Waals surface area contributed by atoms with Gasteiger partial charge >= 0.3 is 5.97 Å². The van der Waals surface area contributed by atoms with Crippen LogP contribution < -0.4 is 14.8 Å². The summed E-state index contributed by atoms with van der Waals surface area (Å²) < 4.78 is 22.8. The van der Waals surface area contributed by atoms with E-state index in [-0.39, 0.29) is 5.97 Å². The van der Waals surface area contributed by atoms with Gasteiger partial charge in [0.25, 0.3) is 0 Å². The van der Waals surface area contributed by atoms with Crippen LogP contribution in [0.25, 0.3) is 10.2 Å². The molecule has 0 radical (unpaired) electrons. The zero-order valence-corrected chi connectivity index (χ0v) is 23.1. The van der Waals surface area contributed by atoms with Crippen LogP contribution in [-0.2, 0) is 16.0 Å². The fourth-order valence-electron chi connectivity index (χ4n) is 4.85. The van der Waals surface area contributed by atoms with E-state index >= 15 is 0 Å². The molecule has 1 heterocycles. The molecule has 0 unspecified atom stereocenters. The fourth-order valence-corrected chi connectivity index (χ4v) is 6.01. The summed E-state index contributed by atoms with van der Waals surface area (Å²) in [6, 6.07) is 9.57. The van der Waals surface area contributed by atoms with Gasteiger partial charge in [-0.1, -0.05) is 13.3 Å². The molecule has 1 aliphatic carbocycles. The summed E-state index contributed by atoms with van der Waals surface area (Å²) in [6.07, 6.45) is 6.93. The Morgan fingerprint density at radius 2 is 1.89 bits per heavy atom. The number of hydrogen-bond acceptors (Lipinski definition) is 8. The maximum atomic E-state index is 12.6. The number of benzene rings is 2. The number of carbonyl (C=O) groups is 1. The molecule has 200 valence electrons. The van der Waals surface area contributed by atoms with Crippen molar-refractivity contribution in [1.29, 1.82) is 0 Å². The van der Waals surface area contributed by atoms with Gasteiger partial charge in [-0.25, -0.2) is 9.78 Å². The highest BCUT2D eigenvalue weighted by Gasteiger charge is 2.26. The lowest BCUT2D eigenvalue weighted by molar-refractivity contribution is 0.0602. The average molecular weight is 527 g/mol. The van der Waals surface area contributed by atoms with Crippen molar-refractivity contribution in [3.8, 4) is 11.5 Å². The quantitative estimate of drug-likeness (QED) is 0.205. The van der Waals surface area contributed by atoms with Crippen LogP contribution in [0.4, 0.5) is 5.69 Å². The number of aromatic nitrogens is 1. The third-order valence-corrected chi connectivity index (χ3v) is 8.29. The molecule has 1 fully saturated rings. The highest BCUT2D eigenvalue weighted by Crippen LogP contribution is 2.40. The van der Waals surface area contributed by atoms with Gasteiger partial charge < -0.3 is 24.3 Å². The first-order valence-corrected chi connectivity index (χ1v) is 13.9. The molecule has 1 N–H and O–H groups in total. The van der Waals surface area contributed by atoms with Crippen molar-refractivity contribution in [2.24, 2.45) is 5.92 Å². The minimum Gasteiger partial charge on any atom is -0.497 e. The number of rotatable bonds is 12. The van der Waals surface area contributed by atoms with Gasteiger partial charge in [0.15, 0.2) is 0 Å². The second-order valence-corrected chi connectivity index (χ2v) is 10.6. The van der Waals surface area contributed by atoms with Crippen molar-refractivity contribution < 1.29 is 23.7 Å². The number of carbonyl (C=O) groups excluding carboxylic acids is 1. The minimum absolute atomic E-state index is 0.385. The van der Waals surface area contributed by atoms with E-state index < -0.39 is 0 Å². The number of thiazole rings is 1. The summed E-state index contributed by atoms with van der Waals surface area (Å²) in [4.78, 5) is 17.6. The van der Waals surface area contributed by atoms with Gasteiger partial charge in [0.05, 0.1) is 47.8 Å². The van der Waals surface area contributed by atoms with Crippen LogP contribution in [0.1, 0.15) is 72.3 Å². The molecule has 0 atom stereocenters. The third kappa shape index (κ3) is 6.73. The highest BCUT2D eigenvalue weighted by atomic mass is 32.1. The van der Waals surface area contributed by atoms with E-state index in [1.165, 1.54) is 26.4 Å². The van der Waals surface area contributed by atoms with Crippen LogP contribution in [-0.4, -0.2) is 45.5 Å². The minimum atomic E-state index is -0.385. The van der Waals surface area contributed by atoms with Gasteiger partial charge in [0.2, 0.25) is 0 Å². The summed E-state index contributed by atoms with van der Waals surface area (Å²) in [5.74, 6) is 2.18. The predicted molar refractivity (Wildman–Crippen MR) is 148 cm³/mol. The van der Waals surface area contributed by atoms with Crippen molar-refractivity contribution in [2.45, 2.75) is 57.9 Å². The van der Waals surface area contributed by atoms with Crippen LogP contribution in [0.15, 0.2) is 30.3 Å². The van der Waals surface area contributed by atoms with E-state index in [1.807, 2.05) is 30.3 Å². The predicted octanol–water partition coefficient (Wildman–Crippen LogP) is 6.80. The van der Waals surface area contributed by atoms with E-state index in [4.69, 9.17) is 23.9 Å². The highest BCUT2D eigenvalue weighted by molar-refractivity contribution is 7.18. The number of unbranched alkanes of at least 4 members (excludes halogenated alkanes) is 1. The summed E-state index contributed by atoms with van der Waals surface area (Å²) in [5, 5.41) is 4.57. The summed E-state index contributed by atoms with van der Waals surface area (Å²) >= 11 is 1.73. The van der Waals surface area contributed by atoms with Gasteiger partial charge in [0.1, 0.15) is 11.5 Å². The Morgan fingerprint density at radius 3 is 2.59 bits per heavy atom. The normalized spacial score (nSPS) is 17.5. The Bertz CT molecular complexity index is 1190. The number of nitrogens with zero attached hydrogens (tertiary/aromatic N) is 1. The van der Waals surface area contributed by atoms with Gasteiger partial charge in [-0.15, -0.1) is 11.3 Å². The van der Waals surface area contributed by atoms with Crippen molar-refractivity contribution >= 4 is 33.2 Å². The first kappa shape index (κ1) is 27.2. The second kappa shape index (κ2) is 13.1. The fraction of sp³-hybridized carbons (Fsp3) is 0.517. The molecule has 2 aromatic carbocycles. The SMILES string of the molecule is CCCCOCC1CCC(c2nc3cc(C(=O)OC)c(NCc4ccc(OC)cc4OC)cc3s2)CC1. The van der Waals surface area contributed by atoms with Crippen LogP contribution in [0, 0.1) is 5.92 Å². The van der Waals surface area contributed by atoms with E-state index in [2.05, 4.69) is 12.2 Å². The van der Waals surface area contributed by atoms with E-state index in [0.717, 1.165) is 70.5 Å². The molecule has 0 saturated heterocycles. The van der Waals surface area contributed by atoms with Crippen LogP contribution in [0.5, 0.6) is 11.5 Å². The molecule has 1 saturated carbocycles. The maximum absolute atomic E-state index is 12.6. The molecule has 37 heavy (non-hydrogen) atoms. The molecular weight excluding hydrogens is 488 g/mol. The topological polar surface area (TPSA) is 78.9 Å². The molecule has 4 rings (SSSR count). The zero-order valence-electron chi connectivity index (χ0n) is 22.3. The first-order valence-electron chi connectivity index (χ1n) is 13.1. The zero-order chi connectivity index (χ0) is 26.2. The number of fused-ring (bicyclic) bond motifs is 1. The monoisotopic (exact) mass is 526 g/mol. The number of nitrogens with one attached hydrogen (secondary N) is 1. The molecule has 0 bridgehead atoms. The van der Waals surface area contributed by atoms with Crippen LogP contribution in [0.3, 0.4) is 0 Å². The Balaban J connectivity index is 1.49. The molecule has 1 aliphatic rings. The number of methoxy groups -OCH3 is 3. The van der Waals surface area contributed by atoms with Crippen molar-refractivity contribution in [2.75, 3.05) is 39.9 Å². The van der Waals surface area contributed by atoms with Crippen molar-refractivity contribution in [1.82, 2.24) is 4.98 Å². The largest absolute Gasteiger partial charge is 0.497 e. The lowest BCUT2D eigenvalue weighted by Crippen LogP contribution is -2.18. The number of anilines is 1. The smallest absolute Gasteiger partial charge is 0.340 e. The van der Waals surface area contributed by atoms with Crippen LogP contribution >= 0.6 is 11.3 Å². The average Bonchev–Trinajstić information content (AvgIpc) is 3.36. The molecule has 1 aromatic heterocycles. The van der Waals surface area contributed by atoms with Crippen molar-refractivity contribution in [3.63, 3.8) is 0 Å². The number of hydrogen-bond donors (Lipinski definition) is 1. The van der Waals surface area contributed by atoms with Crippen molar-refractivity contribution in [3.05, 3.63) is 46.5 Å². The number of ether oxygens (including phenoxy) is 4. The Kier molecular flexibility index (Phi) is 9.63. The summed E-state index contributed by atoms with van der Waals surface area (Å²) in [5.41, 5.74) is 3.00. The Labute approximate surface area is 223 Å².